The molecule has 27 heavy (non-hydrogen) atoms. The largest absolute Gasteiger partial charge is 0.506 e. The van der Waals surface area contributed by atoms with Crippen molar-refractivity contribution in [2.45, 2.75) is 0 Å². The lowest BCUT2D eigenvalue weighted by Gasteiger charge is -2.12. The van der Waals surface area contributed by atoms with Gasteiger partial charge in [0, 0.05) is 11.1 Å². The summed E-state index contributed by atoms with van der Waals surface area (Å²) < 4.78 is 1.43. The van der Waals surface area contributed by atoms with Crippen LogP contribution in [0.2, 0.25) is 0 Å². The van der Waals surface area contributed by atoms with Gasteiger partial charge in [0.05, 0.1) is 15.4 Å². The fourth-order valence-electron chi connectivity index (χ4n) is 3.33. The Hall–Kier alpha value is -3.20. The molecule has 0 atom stereocenters. The summed E-state index contributed by atoms with van der Waals surface area (Å²) in [5.41, 5.74) is 0.701. The molecule has 4 rings (SSSR count). The first-order valence-corrected chi connectivity index (χ1v) is 8.66. The van der Waals surface area contributed by atoms with E-state index in [1.807, 2.05) is 0 Å². The van der Waals surface area contributed by atoms with Gasteiger partial charge in [-0.1, -0.05) is 18.2 Å². The molecular weight excluding hydrogens is 417 g/mol. The second-order valence-corrected chi connectivity index (χ2v) is 6.94. The molecule has 4 aromatic rings. The molecule has 0 unspecified atom stereocenters. The molecule has 0 saturated heterocycles. The smallest absolute Gasteiger partial charge is 0.203 e. The van der Waals surface area contributed by atoms with E-state index in [1.54, 1.807) is 30.3 Å². The van der Waals surface area contributed by atoms with Crippen LogP contribution in [0.1, 0.15) is 0 Å². The number of nitrogens with zero attached hydrogens (tertiary/aromatic N) is 1. The first kappa shape index (κ1) is 17.2. The standard InChI is InChI=1S/C18H13BBrNO6/c19-9-14(23)12-8(13(22)15(9)24)7-10(20)16(25)18(27)17(26)11(7)21(12)6-4-2-1-3-5-6/h1-5,22-27H,19H2. The van der Waals surface area contributed by atoms with E-state index >= 15 is 0 Å². The molecule has 0 saturated carbocycles. The summed E-state index contributed by atoms with van der Waals surface area (Å²) in [5, 5.41) is 62.4. The molecule has 136 valence electrons. The van der Waals surface area contributed by atoms with Crippen LogP contribution >= 0.6 is 15.9 Å². The van der Waals surface area contributed by atoms with Crippen molar-refractivity contribution in [3.05, 3.63) is 34.8 Å². The maximum Gasteiger partial charge on any atom is 0.203 e. The second-order valence-electron chi connectivity index (χ2n) is 6.15. The summed E-state index contributed by atoms with van der Waals surface area (Å²) >= 11 is 3.17. The lowest BCUT2D eigenvalue weighted by atomic mass is 9.91. The van der Waals surface area contributed by atoms with Crippen molar-refractivity contribution < 1.29 is 30.6 Å². The van der Waals surface area contributed by atoms with Crippen LogP contribution in [0, 0.1) is 0 Å². The van der Waals surface area contributed by atoms with Gasteiger partial charge in [0.2, 0.25) is 5.75 Å². The monoisotopic (exact) mass is 429 g/mol. The van der Waals surface area contributed by atoms with Crippen molar-refractivity contribution in [1.29, 1.82) is 0 Å². The van der Waals surface area contributed by atoms with Gasteiger partial charge in [0.1, 0.15) is 19.1 Å². The zero-order chi connectivity index (χ0) is 19.6. The molecule has 1 heterocycles. The minimum atomic E-state index is -0.755. The van der Waals surface area contributed by atoms with Gasteiger partial charge < -0.3 is 35.2 Å². The fourth-order valence-corrected chi connectivity index (χ4v) is 3.91. The molecule has 0 fully saturated rings. The number of phenolic OH excluding ortho intramolecular Hbond substituents is 6. The predicted octanol–water partition coefficient (Wildman–Crippen LogP) is 2.04. The maximum atomic E-state index is 10.7. The van der Waals surface area contributed by atoms with Crippen molar-refractivity contribution in [2.75, 3.05) is 0 Å². The lowest BCUT2D eigenvalue weighted by Crippen LogP contribution is -2.06. The Bertz CT molecular complexity index is 1180. The maximum absolute atomic E-state index is 10.7. The van der Waals surface area contributed by atoms with Gasteiger partial charge in [-0.15, -0.1) is 0 Å². The lowest BCUT2D eigenvalue weighted by molar-refractivity contribution is 0.369. The van der Waals surface area contributed by atoms with E-state index in [0.29, 0.717) is 5.69 Å². The van der Waals surface area contributed by atoms with Crippen LogP contribution in [0.5, 0.6) is 34.5 Å². The van der Waals surface area contributed by atoms with E-state index < -0.39 is 28.7 Å². The molecule has 0 radical (unpaired) electrons. The topological polar surface area (TPSA) is 126 Å². The molecular formula is C18H13BBrNO6. The average Bonchev–Trinajstić information content (AvgIpc) is 3.04. The Kier molecular flexibility index (Phi) is 3.61. The summed E-state index contributed by atoms with van der Waals surface area (Å²) in [6, 6.07) is 8.67. The normalized spacial score (nSPS) is 11.4. The van der Waals surface area contributed by atoms with Crippen LogP contribution in [0.4, 0.5) is 0 Å². The Morgan fingerprint density at radius 1 is 0.667 bits per heavy atom. The molecule has 1 aromatic heterocycles. The number of halogens is 1. The van der Waals surface area contributed by atoms with Crippen molar-refractivity contribution >= 4 is 51.0 Å². The number of aromatic hydroxyl groups is 6. The van der Waals surface area contributed by atoms with Crippen molar-refractivity contribution in [3.8, 4) is 40.2 Å². The summed E-state index contributed by atoms with van der Waals surface area (Å²) in [6.07, 6.45) is 0. The van der Waals surface area contributed by atoms with Crippen LogP contribution in [-0.4, -0.2) is 43.1 Å². The number of para-hydroxylation sites is 1. The number of fused-ring (bicyclic) bond motifs is 3. The molecule has 3 aromatic carbocycles. The minimum Gasteiger partial charge on any atom is -0.506 e. The Balaban J connectivity index is 2.45. The van der Waals surface area contributed by atoms with Crippen LogP contribution in [0.15, 0.2) is 34.8 Å². The predicted molar refractivity (Wildman–Crippen MR) is 107 cm³/mol. The second kappa shape index (κ2) is 5.65. The van der Waals surface area contributed by atoms with Crippen LogP contribution in [-0.2, 0) is 0 Å². The number of phenols is 6. The zero-order valence-corrected chi connectivity index (χ0v) is 15.5. The highest BCUT2D eigenvalue weighted by atomic mass is 79.9. The number of aromatic nitrogens is 1. The van der Waals surface area contributed by atoms with Gasteiger partial charge in [-0.05, 0) is 33.5 Å². The van der Waals surface area contributed by atoms with Gasteiger partial charge in [-0.25, -0.2) is 0 Å². The Labute approximate surface area is 161 Å². The summed E-state index contributed by atoms with van der Waals surface area (Å²) in [6.45, 7) is 0. The van der Waals surface area contributed by atoms with E-state index in [2.05, 4.69) is 15.9 Å². The number of hydrogen-bond acceptors (Lipinski definition) is 6. The van der Waals surface area contributed by atoms with E-state index in [1.165, 1.54) is 12.4 Å². The molecule has 7 nitrogen and oxygen atoms in total. The van der Waals surface area contributed by atoms with Crippen molar-refractivity contribution in [3.63, 3.8) is 0 Å². The first-order chi connectivity index (χ1) is 12.8. The third-order valence-electron chi connectivity index (χ3n) is 4.68. The first-order valence-electron chi connectivity index (χ1n) is 7.86. The highest BCUT2D eigenvalue weighted by Gasteiger charge is 2.30. The molecule has 9 heteroatoms. The number of rotatable bonds is 1. The van der Waals surface area contributed by atoms with Crippen LogP contribution in [0.25, 0.3) is 27.5 Å². The highest BCUT2D eigenvalue weighted by molar-refractivity contribution is 9.10. The molecule has 0 spiro atoms. The molecule has 0 aliphatic carbocycles. The molecule has 0 amide bonds. The van der Waals surface area contributed by atoms with E-state index in [0.717, 1.165) is 0 Å². The van der Waals surface area contributed by atoms with Crippen molar-refractivity contribution in [1.82, 2.24) is 4.57 Å². The average molecular weight is 430 g/mol. The van der Waals surface area contributed by atoms with Gasteiger partial charge in [-0.2, -0.15) is 0 Å². The van der Waals surface area contributed by atoms with E-state index in [4.69, 9.17) is 0 Å². The SMILES string of the molecule is Bc1c(O)c(O)c2c3c(Br)c(O)c(O)c(O)c3n(-c3ccccc3)c2c1O. The molecule has 0 aliphatic rings. The third-order valence-corrected chi connectivity index (χ3v) is 5.45. The van der Waals surface area contributed by atoms with E-state index in [9.17, 15) is 30.6 Å². The van der Waals surface area contributed by atoms with Crippen molar-refractivity contribution in [2.24, 2.45) is 0 Å². The van der Waals surface area contributed by atoms with Crippen LogP contribution in [0.3, 0.4) is 0 Å². The fraction of sp³-hybridized carbons (Fsp3) is 0. The summed E-state index contributed by atoms with van der Waals surface area (Å²) in [7, 11) is 1.43. The molecule has 0 aliphatic heterocycles. The van der Waals surface area contributed by atoms with Gasteiger partial charge >= 0.3 is 0 Å². The molecule has 6 N–H and O–H groups in total. The highest BCUT2D eigenvalue weighted by Crippen LogP contribution is 2.54. The summed E-state index contributed by atoms with van der Waals surface area (Å²) in [5.74, 6) is -3.39. The number of benzene rings is 3. The third kappa shape index (κ3) is 2.09. The summed E-state index contributed by atoms with van der Waals surface area (Å²) in [4.78, 5) is 0. The van der Waals surface area contributed by atoms with Crippen LogP contribution < -0.4 is 5.46 Å². The zero-order valence-electron chi connectivity index (χ0n) is 13.9. The van der Waals surface area contributed by atoms with E-state index in [-0.39, 0.29) is 37.5 Å². The number of hydrogen-bond donors (Lipinski definition) is 6. The Morgan fingerprint density at radius 3 is 1.89 bits per heavy atom. The van der Waals surface area contributed by atoms with Gasteiger partial charge in [0.15, 0.2) is 23.0 Å². The Morgan fingerprint density at radius 2 is 1.26 bits per heavy atom. The van der Waals surface area contributed by atoms with Gasteiger partial charge in [0.25, 0.3) is 0 Å². The quantitative estimate of drug-likeness (QED) is 0.156. The van der Waals surface area contributed by atoms with Gasteiger partial charge in [-0.3, -0.25) is 0 Å². The minimum absolute atomic E-state index is 0.00641. The molecule has 0 bridgehead atoms.